The van der Waals surface area contributed by atoms with Crippen molar-refractivity contribution in [3.63, 3.8) is 0 Å². The lowest BCUT2D eigenvalue weighted by atomic mass is 9.86. The number of nitrogens with two attached hydrogens (primary N) is 1. The van der Waals surface area contributed by atoms with Gasteiger partial charge in [-0.05, 0) is 49.1 Å². The van der Waals surface area contributed by atoms with E-state index in [4.69, 9.17) is 15.6 Å². The molecular formula is C32H31N5O3. The highest BCUT2D eigenvalue weighted by molar-refractivity contribution is 6.07. The van der Waals surface area contributed by atoms with E-state index in [1.807, 2.05) is 53.3 Å². The van der Waals surface area contributed by atoms with E-state index in [-0.39, 0.29) is 17.8 Å². The van der Waals surface area contributed by atoms with Crippen LogP contribution in [0.15, 0.2) is 79.5 Å². The number of carbonyl (C=O) groups excluding carboxylic acids is 2. The number of anilines is 1. The molecule has 0 bridgehead atoms. The van der Waals surface area contributed by atoms with Gasteiger partial charge >= 0.3 is 5.97 Å². The van der Waals surface area contributed by atoms with Crippen molar-refractivity contribution >= 4 is 34.2 Å². The summed E-state index contributed by atoms with van der Waals surface area (Å²) >= 11 is 0. The van der Waals surface area contributed by atoms with Gasteiger partial charge in [-0.1, -0.05) is 55.1 Å². The summed E-state index contributed by atoms with van der Waals surface area (Å²) in [6, 6.07) is 22.0. The van der Waals surface area contributed by atoms with E-state index < -0.39 is 5.60 Å². The molecule has 3 N–H and O–H groups in total. The lowest BCUT2D eigenvalue weighted by Gasteiger charge is -2.34. The maximum atomic E-state index is 13.0. The SMILES string of the molecule is C=C(N)c1cccc2cn(-c3ccc([C@H]4CCCN(CC5CC6(OC5=O)C(=O)Nc5ccccc56)C4)cc3)nc12. The standard InChI is InChI=1S/C32H31N5O3/c1-20(33)26-8-4-6-23-19-37(35-29(23)26)25-13-11-21(12-14-25)22-7-5-15-36(17-22)18-24-16-32(40-30(24)38)27-9-2-3-10-28(27)34-31(32)39/h2-4,6,8-14,19,22,24H,1,5,7,15-18,33H2,(H,34,39)/t22-,24?,32?/m0/s1. The number of piperidine rings is 1. The van der Waals surface area contributed by atoms with Crippen LogP contribution in [0.4, 0.5) is 5.69 Å². The van der Waals surface area contributed by atoms with Gasteiger partial charge in [-0.3, -0.25) is 9.59 Å². The summed E-state index contributed by atoms with van der Waals surface area (Å²) < 4.78 is 7.70. The third-order valence-corrected chi connectivity index (χ3v) is 8.61. The molecule has 4 heterocycles. The topological polar surface area (TPSA) is 102 Å². The third-order valence-electron chi connectivity index (χ3n) is 8.61. The van der Waals surface area contributed by atoms with Crippen LogP contribution in [0.5, 0.6) is 0 Å². The highest BCUT2D eigenvalue weighted by atomic mass is 16.6. The van der Waals surface area contributed by atoms with E-state index in [1.165, 1.54) is 5.56 Å². The Morgan fingerprint density at radius 2 is 1.93 bits per heavy atom. The molecule has 0 aliphatic carbocycles. The molecule has 3 aliphatic heterocycles. The summed E-state index contributed by atoms with van der Waals surface area (Å²) in [4.78, 5) is 28.2. The van der Waals surface area contributed by atoms with Crippen molar-refractivity contribution in [3.05, 3.63) is 96.2 Å². The molecule has 2 saturated heterocycles. The minimum atomic E-state index is -1.20. The summed E-state index contributed by atoms with van der Waals surface area (Å²) in [5.74, 6) is -0.489. The number of aromatic nitrogens is 2. The number of hydrogen-bond acceptors (Lipinski definition) is 6. The Balaban J connectivity index is 1.05. The molecule has 3 atom stereocenters. The number of amides is 1. The molecule has 0 saturated carbocycles. The first kappa shape index (κ1) is 24.6. The largest absolute Gasteiger partial charge is 0.444 e. The summed E-state index contributed by atoms with van der Waals surface area (Å²) in [7, 11) is 0. The number of para-hydroxylation sites is 1. The number of carbonyl (C=O) groups is 2. The average Bonchev–Trinajstić information content (AvgIpc) is 3.62. The highest BCUT2D eigenvalue weighted by Crippen LogP contribution is 2.47. The normalized spacial score (nSPS) is 24.3. The monoisotopic (exact) mass is 533 g/mol. The first-order valence-corrected chi connectivity index (χ1v) is 13.8. The molecule has 3 aromatic carbocycles. The highest BCUT2D eigenvalue weighted by Gasteiger charge is 2.57. The van der Waals surface area contributed by atoms with Crippen molar-refractivity contribution in [1.29, 1.82) is 0 Å². The van der Waals surface area contributed by atoms with Crippen LogP contribution in [0.3, 0.4) is 0 Å². The van der Waals surface area contributed by atoms with Crippen LogP contribution in [-0.2, 0) is 19.9 Å². The Morgan fingerprint density at radius 1 is 1.10 bits per heavy atom. The smallest absolute Gasteiger partial charge is 0.311 e. The molecular weight excluding hydrogens is 502 g/mol. The van der Waals surface area contributed by atoms with Crippen LogP contribution in [0.2, 0.25) is 0 Å². The van der Waals surface area contributed by atoms with Crippen LogP contribution in [0, 0.1) is 5.92 Å². The van der Waals surface area contributed by atoms with Crippen molar-refractivity contribution in [3.8, 4) is 5.69 Å². The summed E-state index contributed by atoms with van der Waals surface area (Å²) in [5.41, 5.74) is 10.7. The number of ether oxygens (including phenoxy) is 1. The van der Waals surface area contributed by atoms with Crippen LogP contribution in [0.25, 0.3) is 22.3 Å². The van der Waals surface area contributed by atoms with Gasteiger partial charge < -0.3 is 20.7 Å². The van der Waals surface area contributed by atoms with Crippen molar-refractivity contribution < 1.29 is 14.3 Å². The molecule has 8 nitrogen and oxygen atoms in total. The first-order chi connectivity index (χ1) is 19.4. The Hall–Kier alpha value is -4.43. The van der Waals surface area contributed by atoms with Gasteiger partial charge in [0.05, 0.1) is 11.6 Å². The van der Waals surface area contributed by atoms with Gasteiger partial charge in [0.1, 0.15) is 5.52 Å². The summed E-state index contributed by atoms with van der Waals surface area (Å²) in [6.07, 6.45) is 4.54. The van der Waals surface area contributed by atoms with Gasteiger partial charge in [0.15, 0.2) is 0 Å². The lowest BCUT2D eigenvalue weighted by molar-refractivity contribution is -0.157. The quantitative estimate of drug-likeness (QED) is 0.365. The second kappa shape index (κ2) is 9.34. The Kier molecular flexibility index (Phi) is 5.75. The molecule has 2 fully saturated rings. The number of likely N-dealkylation sites (tertiary alicyclic amines) is 1. The minimum absolute atomic E-state index is 0.240. The predicted octanol–water partition coefficient (Wildman–Crippen LogP) is 4.55. The van der Waals surface area contributed by atoms with Gasteiger partial charge in [0.25, 0.3) is 5.91 Å². The maximum Gasteiger partial charge on any atom is 0.311 e. The van der Waals surface area contributed by atoms with Crippen LogP contribution < -0.4 is 11.1 Å². The maximum absolute atomic E-state index is 13.0. The predicted molar refractivity (Wildman–Crippen MR) is 154 cm³/mol. The second-order valence-corrected chi connectivity index (χ2v) is 11.2. The lowest BCUT2D eigenvalue weighted by Crippen LogP contribution is -2.39. The molecule has 7 rings (SSSR count). The molecule has 3 aliphatic rings. The fourth-order valence-electron chi connectivity index (χ4n) is 6.60. The van der Waals surface area contributed by atoms with Gasteiger partial charge in [-0.25, -0.2) is 4.68 Å². The van der Waals surface area contributed by atoms with E-state index in [9.17, 15) is 9.59 Å². The van der Waals surface area contributed by atoms with Crippen molar-refractivity contribution in [1.82, 2.24) is 14.7 Å². The van der Waals surface area contributed by atoms with Crippen molar-refractivity contribution in [2.45, 2.75) is 30.8 Å². The van der Waals surface area contributed by atoms with Gasteiger partial charge in [-0.15, -0.1) is 0 Å². The fourth-order valence-corrected chi connectivity index (χ4v) is 6.60. The molecule has 8 heteroatoms. The molecule has 202 valence electrons. The molecule has 4 aromatic rings. The zero-order chi connectivity index (χ0) is 27.4. The number of esters is 1. The van der Waals surface area contributed by atoms with E-state index in [1.54, 1.807) is 0 Å². The average molecular weight is 534 g/mol. The third kappa shape index (κ3) is 3.98. The Morgan fingerprint density at radius 3 is 2.75 bits per heavy atom. The van der Waals surface area contributed by atoms with Crippen LogP contribution in [-0.4, -0.2) is 46.2 Å². The zero-order valence-corrected chi connectivity index (χ0v) is 22.2. The van der Waals surface area contributed by atoms with E-state index in [0.29, 0.717) is 24.6 Å². The number of benzene rings is 3. The zero-order valence-electron chi connectivity index (χ0n) is 22.2. The fraction of sp³-hybridized carbons (Fsp3) is 0.281. The number of nitrogens with zero attached hydrogens (tertiary/aromatic N) is 3. The number of rotatable bonds is 5. The minimum Gasteiger partial charge on any atom is -0.444 e. The van der Waals surface area contributed by atoms with Gasteiger partial charge in [-0.2, -0.15) is 5.10 Å². The molecule has 1 spiro atoms. The summed E-state index contributed by atoms with van der Waals surface area (Å²) in [5, 5.41) is 8.67. The van der Waals surface area contributed by atoms with Crippen molar-refractivity contribution in [2.24, 2.45) is 11.7 Å². The number of fused-ring (bicyclic) bond motifs is 3. The number of hydrogen-bond donors (Lipinski definition) is 2. The molecule has 1 amide bonds. The Bertz CT molecular complexity index is 1660. The van der Waals surface area contributed by atoms with E-state index in [0.717, 1.165) is 59.3 Å². The van der Waals surface area contributed by atoms with Gasteiger partial charge in [0.2, 0.25) is 5.60 Å². The molecule has 1 aromatic heterocycles. The number of nitrogens with one attached hydrogen (secondary N) is 1. The summed E-state index contributed by atoms with van der Waals surface area (Å²) in [6.45, 7) is 6.27. The van der Waals surface area contributed by atoms with Crippen LogP contribution in [0.1, 0.15) is 41.9 Å². The second-order valence-electron chi connectivity index (χ2n) is 11.2. The van der Waals surface area contributed by atoms with Crippen molar-refractivity contribution in [2.75, 3.05) is 25.0 Å². The van der Waals surface area contributed by atoms with Gasteiger partial charge in [0, 0.05) is 53.6 Å². The van der Waals surface area contributed by atoms with E-state index in [2.05, 4.69) is 41.1 Å². The Labute approximate surface area is 232 Å². The first-order valence-electron chi connectivity index (χ1n) is 13.8. The molecule has 0 radical (unpaired) electrons. The molecule has 40 heavy (non-hydrogen) atoms. The van der Waals surface area contributed by atoms with Crippen LogP contribution >= 0.6 is 0 Å². The van der Waals surface area contributed by atoms with E-state index >= 15 is 0 Å². The molecule has 2 unspecified atom stereocenters.